The molecule has 4 rings (SSSR count). The van der Waals surface area contributed by atoms with Crippen LogP contribution >= 0.6 is 11.3 Å². The molecule has 0 saturated carbocycles. The van der Waals surface area contributed by atoms with Gasteiger partial charge in [-0.25, -0.2) is 4.98 Å². The molecule has 9 heteroatoms. The van der Waals surface area contributed by atoms with Crippen molar-refractivity contribution in [2.75, 3.05) is 19.0 Å². The van der Waals surface area contributed by atoms with E-state index in [2.05, 4.69) is 15.4 Å². The lowest BCUT2D eigenvalue weighted by Gasteiger charge is -2.12. The van der Waals surface area contributed by atoms with Crippen molar-refractivity contribution in [3.8, 4) is 11.5 Å². The lowest BCUT2D eigenvalue weighted by molar-refractivity contribution is -0.118. The topological polar surface area (TPSA) is 94.8 Å². The number of amides is 1. The number of nitrogens with zero attached hydrogens (tertiary/aromatic N) is 3. The van der Waals surface area contributed by atoms with Gasteiger partial charge in [0.1, 0.15) is 6.33 Å². The number of aromatic nitrogens is 3. The van der Waals surface area contributed by atoms with Gasteiger partial charge in [-0.05, 0) is 42.3 Å². The van der Waals surface area contributed by atoms with Crippen molar-refractivity contribution in [2.24, 2.45) is 0 Å². The Morgan fingerprint density at radius 3 is 2.83 bits per heavy atom. The summed E-state index contributed by atoms with van der Waals surface area (Å²) < 4.78 is 12.8. The number of anilines is 1. The molecule has 0 saturated heterocycles. The first-order valence-electron chi connectivity index (χ1n) is 9.06. The maximum atomic E-state index is 12.3. The molecular weight excluding hydrogens is 404 g/mol. The normalized spacial score (nSPS) is 11.6. The quantitative estimate of drug-likeness (QED) is 0.511. The summed E-state index contributed by atoms with van der Waals surface area (Å²) in [4.78, 5) is 29.1. The van der Waals surface area contributed by atoms with Gasteiger partial charge in [0.05, 0.1) is 11.6 Å². The molecule has 0 unspecified atom stereocenters. The van der Waals surface area contributed by atoms with Gasteiger partial charge in [0.15, 0.2) is 18.1 Å². The Morgan fingerprint density at radius 2 is 2.07 bits per heavy atom. The molecule has 4 aromatic rings. The average Bonchev–Trinajstić information content (AvgIpc) is 3.32. The van der Waals surface area contributed by atoms with Gasteiger partial charge < -0.3 is 14.8 Å². The van der Waals surface area contributed by atoms with E-state index in [4.69, 9.17) is 9.47 Å². The van der Waals surface area contributed by atoms with Gasteiger partial charge in [0.2, 0.25) is 4.96 Å². The second-order valence-electron chi connectivity index (χ2n) is 6.43. The predicted molar refractivity (Wildman–Crippen MR) is 114 cm³/mol. The third kappa shape index (κ3) is 4.01. The second kappa shape index (κ2) is 8.34. The Balaban J connectivity index is 1.50. The number of hydrogen-bond donors (Lipinski definition) is 1. The molecule has 0 atom stereocenters. The first-order chi connectivity index (χ1) is 14.5. The van der Waals surface area contributed by atoms with Crippen LogP contribution in [0.4, 0.5) is 5.69 Å². The number of benzene rings is 2. The van der Waals surface area contributed by atoms with E-state index in [1.807, 2.05) is 31.2 Å². The van der Waals surface area contributed by atoms with Gasteiger partial charge in [-0.1, -0.05) is 35.6 Å². The van der Waals surface area contributed by atoms with Crippen LogP contribution in [-0.2, 0) is 4.79 Å². The number of fused-ring (bicyclic) bond motifs is 1. The van der Waals surface area contributed by atoms with Crippen LogP contribution in [0.25, 0.3) is 11.0 Å². The predicted octanol–water partition coefficient (Wildman–Crippen LogP) is 2.03. The molecule has 152 valence electrons. The lowest BCUT2D eigenvalue weighted by atomic mass is 10.2. The number of hydrogen-bond acceptors (Lipinski definition) is 7. The molecule has 8 nitrogen and oxygen atoms in total. The summed E-state index contributed by atoms with van der Waals surface area (Å²) in [5.41, 5.74) is 2.25. The summed E-state index contributed by atoms with van der Waals surface area (Å²) in [6.45, 7) is 1.76. The maximum Gasteiger partial charge on any atom is 0.291 e. The minimum atomic E-state index is -0.271. The molecule has 1 N–H and O–H groups in total. The van der Waals surface area contributed by atoms with E-state index >= 15 is 0 Å². The van der Waals surface area contributed by atoms with Crippen LogP contribution in [0.2, 0.25) is 0 Å². The Bertz CT molecular complexity index is 1330. The summed E-state index contributed by atoms with van der Waals surface area (Å²) >= 11 is 1.26. The molecule has 0 fully saturated rings. The van der Waals surface area contributed by atoms with Crippen LogP contribution < -0.4 is 24.9 Å². The van der Waals surface area contributed by atoms with E-state index in [1.54, 1.807) is 24.3 Å². The Morgan fingerprint density at radius 1 is 1.23 bits per heavy atom. The Labute approximate surface area is 175 Å². The highest BCUT2D eigenvalue weighted by Gasteiger charge is 2.10. The number of carbonyl (C=O) groups is 1. The van der Waals surface area contributed by atoms with E-state index in [1.165, 1.54) is 29.3 Å². The zero-order valence-corrected chi connectivity index (χ0v) is 17.1. The Hall–Kier alpha value is -3.72. The maximum absolute atomic E-state index is 12.3. The summed E-state index contributed by atoms with van der Waals surface area (Å²) in [5.74, 6) is 0.617. The third-order valence-corrected chi connectivity index (χ3v) is 5.36. The number of thiazole rings is 1. The van der Waals surface area contributed by atoms with Crippen LogP contribution in [0, 0.1) is 6.92 Å². The van der Waals surface area contributed by atoms with Crippen LogP contribution in [0.1, 0.15) is 11.1 Å². The Kier molecular flexibility index (Phi) is 5.44. The number of nitrogens with one attached hydrogen (secondary N) is 1. The van der Waals surface area contributed by atoms with Gasteiger partial charge >= 0.3 is 0 Å². The van der Waals surface area contributed by atoms with Crippen LogP contribution in [0.3, 0.4) is 0 Å². The monoisotopic (exact) mass is 422 g/mol. The highest BCUT2D eigenvalue weighted by molar-refractivity contribution is 7.15. The molecule has 2 aromatic heterocycles. The van der Waals surface area contributed by atoms with E-state index in [0.717, 1.165) is 16.8 Å². The minimum absolute atomic E-state index is 0.160. The van der Waals surface area contributed by atoms with Crippen LogP contribution in [-0.4, -0.2) is 34.2 Å². The van der Waals surface area contributed by atoms with E-state index < -0.39 is 0 Å². The number of carbonyl (C=O) groups excluding carboxylic acids is 1. The second-order valence-corrected chi connectivity index (χ2v) is 7.44. The molecule has 1 amide bonds. The molecule has 2 heterocycles. The molecule has 0 spiro atoms. The smallest absolute Gasteiger partial charge is 0.291 e. The molecule has 0 bridgehead atoms. The fourth-order valence-corrected chi connectivity index (χ4v) is 3.75. The van der Waals surface area contributed by atoms with Crippen molar-refractivity contribution >= 4 is 34.0 Å². The van der Waals surface area contributed by atoms with Crippen molar-refractivity contribution in [1.82, 2.24) is 14.6 Å². The minimum Gasteiger partial charge on any atom is -0.493 e. The number of para-hydroxylation sites is 1. The lowest BCUT2D eigenvalue weighted by Crippen LogP contribution is -2.23. The number of ether oxygens (including phenoxy) is 2. The first-order valence-corrected chi connectivity index (χ1v) is 9.87. The highest BCUT2D eigenvalue weighted by Crippen LogP contribution is 2.28. The number of methoxy groups -OCH3 is 1. The van der Waals surface area contributed by atoms with Crippen molar-refractivity contribution in [1.29, 1.82) is 0 Å². The van der Waals surface area contributed by atoms with Gasteiger partial charge in [0.25, 0.3) is 11.5 Å². The van der Waals surface area contributed by atoms with Gasteiger partial charge in [-0.15, -0.1) is 0 Å². The standard InChI is InChI=1S/C21H18N4O4S/c1-13-5-3-4-6-15(13)24-19(26)11-29-16-8-7-14(9-17(16)28-2)10-18-20(27)25-21(30-18)22-12-23-25/h3-10,12H,11H2,1-2H3,(H,24,26)/b18-10-. The highest BCUT2D eigenvalue weighted by atomic mass is 32.1. The van der Waals surface area contributed by atoms with Gasteiger partial charge in [-0.3, -0.25) is 9.59 Å². The van der Waals surface area contributed by atoms with Crippen molar-refractivity contribution in [2.45, 2.75) is 6.92 Å². The summed E-state index contributed by atoms with van der Waals surface area (Å²) in [7, 11) is 1.52. The van der Waals surface area contributed by atoms with Gasteiger partial charge in [0, 0.05) is 5.69 Å². The zero-order valence-electron chi connectivity index (χ0n) is 16.3. The summed E-state index contributed by atoms with van der Waals surface area (Å²) in [6, 6.07) is 12.7. The third-order valence-electron chi connectivity index (χ3n) is 4.38. The largest absolute Gasteiger partial charge is 0.493 e. The van der Waals surface area contributed by atoms with E-state index in [9.17, 15) is 9.59 Å². The van der Waals surface area contributed by atoms with Crippen LogP contribution in [0.15, 0.2) is 53.6 Å². The van der Waals surface area contributed by atoms with Crippen molar-refractivity contribution < 1.29 is 14.3 Å². The van der Waals surface area contributed by atoms with Crippen molar-refractivity contribution in [3.05, 3.63) is 74.8 Å². The van der Waals surface area contributed by atoms with E-state index in [-0.39, 0.29) is 18.1 Å². The zero-order chi connectivity index (χ0) is 21.1. The first kappa shape index (κ1) is 19.6. The number of aryl methyl sites for hydroxylation is 1. The molecule has 0 aliphatic rings. The van der Waals surface area contributed by atoms with Crippen molar-refractivity contribution in [3.63, 3.8) is 0 Å². The number of rotatable bonds is 6. The van der Waals surface area contributed by atoms with Crippen LogP contribution in [0.5, 0.6) is 11.5 Å². The molecule has 0 radical (unpaired) electrons. The van der Waals surface area contributed by atoms with Gasteiger partial charge in [-0.2, -0.15) is 9.61 Å². The average molecular weight is 422 g/mol. The SMILES string of the molecule is COc1cc(/C=c2\sc3ncnn3c2=O)ccc1OCC(=O)Nc1ccccc1C. The van der Waals surface area contributed by atoms with E-state index in [0.29, 0.717) is 21.0 Å². The fourth-order valence-electron chi connectivity index (χ4n) is 2.86. The summed E-state index contributed by atoms with van der Waals surface area (Å²) in [5, 5.41) is 6.73. The molecule has 0 aliphatic carbocycles. The molecule has 2 aromatic carbocycles. The molecular formula is C21H18N4O4S. The molecule has 0 aliphatic heterocycles. The molecule has 30 heavy (non-hydrogen) atoms. The fraction of sp³-hybridized carbons (Fsp3) is 0.143. The summed E-state index contributed by atoms with van der Waals surface area (Å²) in [6.07, 6.45) is 3.09.